The van der Waals surface area contributed by atoms with Gasteiger partial charge >= 0.3 is 6.03 Å². The van der Waals surface area contributed by atoms with Crippen LogP contribution < -0.4 is 10.6 Å². The minimum atomic E-state index is -0.338. The van der Waals surface area contributed by atoms with Crippen LogP contribution in [0.15, 0.2) is 42.9 Å². The number of nitrogens with one attached hydrogen (secondary N) is 2. The third kappa shape index (κ3) is 3.97. The first-order valence-corrected chi connectivity index (χ1v) is 7.87. The Labute approximate surface area is 145 Å². The lowest BCUT2D eigenvalue weighted by Gasteiger charge is -2.15. The normalized spacial score (nSPS) is 11.8. The van der Waals surface area contributed by atoms with Crippen LogP contribution in [0.25, 0.3) is 5.95 Å². The maximum absolute atomic E-state index is 12.3. The van der Waals surface area contributed by atoms with Crippen LogP contribution in [0, 0.1) is 13.8 Å². The molecule has 0 bridgehead atoms. The van der Waals surface area contributed by atoms with Crippen LogP contribution in [0.2, 0.25) is 0 Å². The van der Waals surface area contributed by atoms with Crippen molar-refractivity contribution in [1.29, 1.82) is 0 Å². The zero-order valence-corrected chi connectivity index (χ0v) is 14.3. The van der Waals surface area contributed by atoms with Crippen molar-refractivity contribution in [2.24, 2.45) is 0 Å². The second-order valence-corrected chi connectivity index (χ2v) is 5.68. The van der Waals surface area contributed by atoms with Gasteiger partial charge in [-0.15, -0.1) is 0 Å². The summed E-state index contributed by atoms with van der Waals surface area (Å²) in [6.45, 7) is 5.68. The predicted octanol–water partition coefficient (Wildman–Crippen LogP) is 2.56. The number of anilines is 1. The summed E-state index contributed by atoms with van der Waals surface area (Å²) in [4.78, 5) is 25.0. The van der Waals surface area contributed by atoms with E-state index >= 15 is 0 Å². The fourth-order valence-electron chi connectivity index (χ4n) is 2.44. The highest BCUT2D eigenvalue weighted by Gasteiger charge is 2.14. The standard InChI is InChI=1S/C17H19N7O/c1-11-10-12(2)21-16(20-11)24-15(6-9-19-24)23-17(25)22-13(3)14-4-7-18-8-5-14/h4-10,13H,1-3H3,(H2,22,23,25). The molecule has 1 unspecified atom stereocenters. The Morgan fingerprint density at radius 1 is 1.08 bits per heavy atom. The van der Waals surface area contributed by atoms with Gasteiger partial charge < -0.3 is 5.32 Å². The fraction of sp³-hybridized carbons (Fsp3) is 0.235. The van der Waals surface area contributed by atoms with Crippen molar-refractivity contribution in [2.75, 3.05) is 5.32 Å². The van der Waals surface area contributed by atoms with Gasteiger partial charge in [-0.1, -0.05) is 0 Å². The van der Waals surface area contributed by atoms with Gasteiger partial charge in [0.25, 0.3) is 5.95 Å². The summed E-state index contributed by atoms with van der Waals surface area (Å²) in [6.07, 6.45) is 4.97. The first kappa shape index (κ1) is 16.6. The van der Waals surface area contributed by atoms with Crippen LogP contribution in [-0.4, -0.2) is 30.8 Å². The highest BCUT2D eigenvalue weighted by Crippen LogP contribution is 2.14. The Morgan fingerprint density at radius 2 is 1.76 bits per heavy atom. The van der Waals surface area contributed by atoms with E-state index in [1.807, 2.05) is 39.0 Å². The SMILES string of the molecule is Cc1cc(C)nc(-n2nccc2NC(=O)NC(C)c2ccncc2)n1. The predicted molar refractivity (Wildman–Crippen MR) is 93.4 cm³/mol. The van der Waals surface area contributed by atoms with E-state index in [0.717, 1.165) is 17.0 Å². The number of aromatic nitrogens is 5. The summed E-state index contributed by atoms with van der Waals surface area (Å²) in [7, 11) is 0. The lowest BCUT2D eigenvalue weighted by molar-refractivity contribution is 0.249. The van der Waals surface area contributed by atoms with Crippen LogP contribution in [0.1, 0.15) is 29.9 Å². The van der Waals surface area contributed by atoms with Crippen molar-refractivity contribution in [3.05, 3.63) is 59.8 Å². The van der Waals surface area contributed by atoms with E-state index in [0.29, 0.717) is 11.8 Å². The molecule has 0 aromatic carbocycles. The first-order valence-electron chi connectivity index (χ1n) is 7.87. The molecule has 3 heterocycles. The van der Waals surface area contributed by atoms with Crippen molar-refractivity contribution in [1.82, 2.24) is 30.0 Å². The number of nitrogens with zero attached hydrogens (tertiary/aromatic N) is 5. The Hall–Kier alpha value is -3.29. The van der Waals surface area contributed by atoms with Gasteiger partial charge in [-0.3, -0.25) is 10.3 Å². The molecular formula is C17H19N7O. The number of amides is 2. The van der Waals surface area contributed by atoms with E-state index in [1.165, 1.54) is 4.68 Å². The highest BCUT2D eigenvalue weighted by molar-refractivity contribution is 5.88. The second-order valence-electron chi connectivity index (χ2n) is 5.68. The van der Waals surface area contributed by atoms with Crippen LogP contribution in [0.3, 0.4) is 0 Å². The molecule has 0 radical (unpaired) electrons. The lowest BCUT2D eigenvalue weighted by atomic mass is 10.1. The minimum Gasteiger partial charge on any atom is -0.331 e. The number of aryl methyl sites for hydroxylation is 2. The van der Waals surface area contributed by atoms with Crippen molar-refractivity contribution < 1.29 is 4.79 Å². The molecule has 0 saturated carbocycles. The molecule has 3 aromatic heterocycles. The summed E-state index contributed by atoms with van der Waals surface area (Å²) in [5.74, 6) is 0.907. The number of hydrogen-bond acceptors (Lipinski definition) is 5. The number of hydrogen-bond donors (Lipinski definition) is 2. The third-order valence-corrected chi connectivity index (χ3v) is 3.60. The molecule has 25 heavy (non-hydrogen) atoms. The maximum Gasteiger partial charge on any atom is 0.320 e. The van der Waals surface area contributed by atoms with Gasteiger partial charge in [0.2, 0.25) is 0 Å². The zero-order chi connectivity index (χ0) is 17.8. The van der Waals surface area contributed by atoms with Crippen LogP contribution in [-0.2, 0) is 0 Å². The topological polar surface area (TPSA) is 97.6 Å². The van der Waals surface area contributed by atoms with Gasteiger partial charge in [-0.05, 0) is 44.5 Å². The van der Waals surface area contributed by atoms with E-state index < -0.39 is 0 Å². The Balaban J connectivity index is 1.74. The smallest absolute Gasteiger partial charge is 0.320 e. The summed E-state index contributed by atoms with van der Waals surface area (Å²) in [6, 6.07) is 6.80. The number of carbonyl (C=O) groups is 1. The largest absolute Gasteiger partial charge is 0.331 e. The van der Waals surface area contributed by atoms with Gasteiger partial charge in [0.15, 0.2) is 0 Å². The maximum atomic E-state index is 12.3. The summed E-state index contributed by atoms with van der Waals surface area (Å²) in [5, 5.41) is 9.86. The molecule has 2 N–H and O–H groups in total. The third-order valence-electron chi connectivity index (χ3n) is 3.60. The molecule has 0 fully saturated rings. The van der Waals surface area contributed by atoms with E-state index in [9.17, 15) is 4.79 Å². The van der Waals surface area contributed by atoms with Crippen molar-refractivity contribution in [3.8, 4) is 5.95 Å². The van der Waals surface area contributed by atoms with E-state index in [2.05, 4.69) is 30.7 Å². The average Bonchev–Trinajstić information content (AvgIpc) is 3.02. The molecule has 128 valence electrons. The average molecular weight is 337 g/mol. The number of urea groups is 1. The van der Waals surface area contributed by atoms with Gasteiger partial charge in [0.1, 0.15) is 5.82 Å². The van der Waals surface area contributed by atoms with Crippen molar-refractivity contribution in [2.45, 2.75) is 26.8 Å². The molecule has 0 spiro atoms. The van der Waals surface area contributed by atoms with Gasteiger partial charge in [0, 0.05) is 29.8 Å². The van der Waals surface area contributed by atoms with Gasteiger partial charge in [-0.25, -0.2) is 14.8 Å². The quantitative estimate of drug-likeness (QED) is 0.762. The van der Waals surface area contributed by atoms with Crippen molar-refractivity contribution >= 4 is 11.8 Å². The van der Waals surface area contributed by atoms with Gasteiger partial charge in [0.05, 0.1) is 12.2 Å². The molecule has 0 aliphatic carbocycles. The second kappa shape index (κ2) is 7.08. The molecule has 8 nitrogen and oxygen atoms in total. The molecule has 1 atom stereocenters. The highest BCUT2D eigenvalue weighted by atomic mass is 16.2. The Bertz CT molecular complexity index is 855. The molecule has 2 amide bonds. The number of carbonyl (C=O) groups excluding carboxylic acids is 1. The van der Waals surface area contributed by atoms with Crippen LogP contribution in [0.5, 0.6) is 0 Å². The summed E-state index contributed by atoms with van der Waals surface area (Å²) < 4.78 is 1.50. The summed E-state index contributed by atoms with van der Waals surface area (Å²) in [5.41, 5.74) is 2.63. The van der Waals surface area contributed by atoms with Gasteiger partial charge in [-0.2, -0.15) is 9.78 Å². The Kier molecular flexibility index (Phi) is 4.69. The summed E-state index contributed by atoms with van der Waals surface area (Å²) >= 11 is 0. The van der Waals surface area contributed by atoms with Crippen LogP contribution >= 0.6 is 0 Å². The molecule has 0 saturated heterocycles. The monoisotopic (exact) mass is 337 g/mol. The number of pyridine rings is 1. The zero-order valence-electron chi connectivity index (χ0n) is 14.3. The van der Waals surface area contributed by atoms with E-state index in [-0.39, 0.29) is 12.1 Å². The first-order chi connectivity index (χ1) is 12.0. The van der Waals surface area contributed by atoms with Crippen LogP contribution in [0.4, 0.5) is 10.6 Å². The molecule has 0 aliphatic heterocycles. The van der Waals surface area contributed by atoms with E-state index in [1.54, 1.807) is 24.7 Å². The van der Waals surface area contributed by atoms with E-state index in [4.69, 9.17) is 0 Å². The molecule has 8 heteroatoms. The molecule has 0 aliphatic rings. The van der Waals surface area contributed by atoms with Crippen molar-refractivity contribution in [3.63, 3.8) is 0 Å². The molecule has 3 rings (SSSR count). The fourth-order valence-corrected chi connectivity index (χ4v) is 2.44. The lowest BCUT2D eigenvalue weighted by Crippen LogP contribution is -2.32. The number of rotatable bonds is 4. The molecule has 3 aromatic rings. The molecular weight excluding hydrogens is 318 g/mol. The Morgan fingerprint density at radius 3 is 2.44 bits per heavy atom. The minimum absolute atomic E-state index is 0.156.